The maximum atomic E-state index is 14.3. The summed E-state index contributed by atoms with van der Waals surface area (Å²) >= 11 is 0. The Hall–Kier alpha value is -1.72. The first-order chi connectivity index (χ1) is 10.4. The first kappa shape index (κ1) is 15.2. The molecule has 1 aromatic carbocycles. The van der Waals surface area contributed by atoms with Crippen LogP contribution in [0, 0.1) is 11.7 Å². The molecule has 0 saturated heterocycles. The molecule has 0 aromatic heterocycles. The number of allylic oxidation sites excluding steroid dienone is 2. The van der Waals surface area contributed by atoms with E-state index >= 15 is 0 Å². The molecule has 0 atom stereocenters. The maximum Gasteiger partial charge on any atom is 0.573 e. The highest BCUT2D eigenvalue weighted by molar-refractivity contribution is 5.45. The molecule has 0 amide bonds. The number of rotatable bonds is 6. The van der Waals surface area contributed by atoms with Gasteiger partial charge in [-0.1, -0.05) is 18.2 Å². The van der Waals surface area contributed by atoms with Crippen LogP contribution in [-0.2, 0) is 6.42 Å². The van der Waals surface area contributed by atoms with Crippen LogP contribution in [0.3, 0.4) is 0 Å². The normalized spacial score (nSPS) is 18.7. The van der Waals surface area contributed by atoms with E-state index in [9.17, 15) is 17.6 Å². The first-order valence-electron chi connectivity index (χ1n) is 7.33. The number of alkyl halides is 3. The van der Waals surface area contributed by atoms with Crippen molar-refractivity contribution in [2.24, 2.45) is 5.92 Å². The van der Waals surface area contributed by atoms with Crippen LogP contribution in [0.2, 0.25) is 0 Å². The Morgan fingerprint density at radius 1 is 1.14 bits per heavy atom. The van der Waals surface area contributed by atoms with E-state index in [-0.39, 0.29) is 23.8 Å². The fraction of sp³-hybridized carbons (Fsp3) is 0.500. The summed E-state index contributed by atoms with van der Waals surface area (Å²) in [5.74, 6) is -1.52. The van der Waals surface area contributed by atoms with Crippen LogP contribution >= 0.6 is 0 Å². The van der Waals surface area contributed by atoms with E-state index in [1.54, 1.807) is 6.08 Å². The molecule has 2 aliphatic rings. The number of halogens is 4. The molecule has 2 fully saturated rings. The molecule has 22 heavy (non-hydrogen) atoms. The maximum absolute atomic E-state index is 14.3. The highest BCUT2D eigenvalue weighted by Gasteiger charge is 2.36. The van der Waals surface area contributed by atoms with Crippen molar-refractivity contribution in [1.29, 1.82) is 0 Å². The number of hydrogen-bond donors (Lipinski definition) is 0. The zero-order valence-electron chi connectivity index (χ0n) is 11.8. The number of hydrogen-bond acceptors (Lipinski definition) is 2. The number of ether oxygens (including phenoxy) is 2. The Kier molecular flexibility index (Phi) is 4.02. The fourth-order valence-electron chi connectivity index (χ4n) is 2.08. The van der Waals surface area contributed by atoms with E-state index in [1.165, 1.54) is 12.1 Å². The van der Waals surface area contributed by atoms with E-state index in [1.807, 2.05) is 6.08 Å². The monoisotopic (exact) mass is 316 g/mol. The molecule has 0 heterocycles. The van der Waals surface area contributed by atoms with Crippen molar-refractivity contribution in [2.45, 2.75) is 44.6 Å². The Bertz CT molecular complexity index is 572. The van der Waals surface area contributed by atoms with E-state index in [2.05, 4.69) is 4.74 Å². The van der Waals surface area contributed by atoms with Crippen LogP contribution in [0.4, 0.5) is 17.6 Å². The predicted molar refractivity (Wildman–Crippen MR) is 72.3 cm³/mol. The summed E-state index contributed by atoms with van der Waals surface area (Å²) < 4.78 is 61.0. The lowest BCUT2D eigenvalue weighted by molar-refractivity contribution is -0.276. The lowest BCUT2D eigenvalue weighted by Gasteiger charge is -2.16. The second kappa shape index (κ2) is 5.82. The molecular weight excluding hydrogens is 300 g/mol. The lowest BCUT2D eigenvalue weighted by Crippen LogP contribution is -2.19. The van der Waals surface area contributed by atoms with Crippen molar-refractivity contribution in [2.75, 3.05) is 0 Å². The smallest absolute Gasteiger partial charge is 0.486 e. The van der Waals surface area contributed by atoms with Gasteiger partial charge in [-0.3, -0.25) is 0 Å². The van der Waals surface area contributed by atoms with Crippen molar-refractivity contribution in [3.63, 3.8) is 0 Å². The molecule has 1 aromatic rings. The zero-order chi connectivity index (χ0) is 15.7. The van der Waals surface area contributed by atoms with Gasteiger partial charge in [0.05, 0.1) is 6.10 Å². The summed E-state index contributed by atoms with van der Waals surface area (Å²) in [4.78, 5) is 0. The SMILES string of the molecule is Fc1c(C/C=C/C2CC2)ccc(OC2CC2)c1OC(F)(F)F. The summed E-state index contributed by atoms with van der Waals surface area (Å²) in [6.07, 6.45) is 2.66. The van der Waals surface area contributed by atoms with Gasteiger partial charge in [0.1, 0.15) is 0 Å². The predicted octanol–water partition coefficient (Wildman–Crippen LogP) is 4.77. The Morgan fingerprint density at radius 3 is 2.45 bits per heavy atom. The Balaban J connectivity index is 1.82. The summed E-state index contributed by atoms with van der Waals surface area (Å²) in [5, 5.41) is 0. The first-order valence-corrected chi connectivity index (χ1v) is 7.33. The van der Waals surface area contributed by atoms with Gasteiger partial charge in [0, 0.05) is 0 Å². The highest BCUT2D eigenvalue weighted by Crippen LogP contribution is 2.40. The summed E-state index contributed by atoms with van der Waals surface area (Å²) in [6.45, 7) is 0. The molecule has 0 aliphatic heterocycles. The molecule has 2 saturated carbocycles. The van der Waals surface area contributed by atoms with Crippen LogP contribution in [0.5, 0.6) is 11.5 Å². The van der Waals surface area contributed by atoms with E-state index < -0.39 is 17.9 Å². The zero-order valence-corrected chi connectivity index (χ0v) is 11.8. The molecule has 0 bridgehead atoms. The minimum atomic E-state index is -4.95. The molecule has 0 spiro atoms. The largest absolute Gasteiger partial charge is 0.573 e. The molecule has 120 valence electrons. The molecule has 0 radical (unpaired) electrons. The van der Waals surface area contributed by atoms with Gasteiger partial charge in [0.15, 0.2) is 11.6 Å². The second-order valence-corrected chi connectivity index (χ2v) is 5.70. The Labute approximate surface area is 125 Å². The van der Waals surface area contributed by atoms with Gasteiger partial charge >= 0.3 is 6.36 Å². The molecule has 2 nitrogen and oxygen atoms in total. The molecule has 0 unspecified atom stereocenters. The van der Waals surface area contributed by atoms with Crippen molar-refractivity contribution >= 4 is 0 Å². The molecular formula is C16H16F4O2. The van der Waals surface area contributed by atoms with Crippen molar-refractivity contribution in [1.82, 2.24) is 0 Å². The Morgan fingerprint density at radius 2 is 1.86 bits per heavy atom. The molecule has 3 rings (SSSR count). The van der Waals surface area contributed by atoms with Gasteiger partial charge in [-0.2, -0.15) is 0 Å². The van der Waals surface area contributed by atoms with Crippen LogP contribution in [0.25, 0.3) is 0 Å². The third-order valence-corrected chi connectivity index (χ3v) is 3.54. The van der Waals surface area contributed by atoms with E-state index in [4.69, 9.17) is 4.74 Å². The third kappa shape index (κ3) is 4.15. The van der Waals surface area contributed by atoms with E-state index in [0.29, 0.717) is 5.92 Å². The molecule has 2 aliphatic carbocycles. The average Bonchev–Trinajstić information content (AvgIpc) is 3.30. The van der Waals surface area contributed by atoms with Gasteiger partial charge in [-0.25, -0.2) is 4.39 Å². The van der Waals surface area contributed by atoms with Crippen LogP contribution in [0.1, 0.15) is 31.2 Å². The van der Waals surface area contributed by atoms with Gasteiger partial charge < -0.3 is 9.47 Å². The van der Waals surface area contributed by atoms with Gasteiger partial charge in [0.2, 0.25) is 5.75 Å². The topological polar surface area (TPSA) is 18.5 Å². The van der Waals surface area contributed by atoms with Gasteiger partial charge in [-0.05, 0) is 49.7 Å². The fourth-order valence-corrected chi connectivity index (χ4v) is 2.08. The van der Waals surface area contributed by atoms with Crippen LogP contribution in [-0.4, -0.2) is 12.5 Å². The minimum Gasteiger partial charge on any atom is -0.486 e. The van der Waals surface area contributed by atoms with Gasteiger partial charge in [-0.15, -0.1) is 13.2 Å². The van der Waals surface area contributed by atoms with Crippen molar-refractivity contribution < 1.29 is 27.0 Å². The van der Waals surface area contributed by atoms with Gasteiger partial charge in [0.25, 0.3) is 0 Å². The lowest BCUT2D eigenvalue weighted by atomic mass is 10.1. The van der Waals surface area contributed by atoms with E-state index in [0.717, 1.165) is 25.7 Å². The summed E-state index contributed by atoms with van der Waals surface area (Å²) in [5.41, 5.74) is 0.166. The minimum absolute atomic E-state index is 0.143. The van der Waals surface area contributed by atoms with Crippen molar-refractivity contribution in [3.05, 3.63) is 35.7 Å². The summed E-state index contributed by atoms with van der Waals surface area (Å²) in [7, 11) is 0. The highest BCUT2D eigenvalue weighted by atomic mass is 19.4. The number of benzene rings is 1. The quantitative estimate of drug-likeness (QED) is 0.556. The van der Waals surface area contributed by atoms with Crippen molar-refractivity contribution in [3.8, 4) is 11.5 Å². The van der Waals surface area contributed by atoms with Crippen LogP contribution < -0.4 is 9.47 Å². The average molecular weight is 316 g/mol. The standard InChI is InChI=1S/C16H16F4O2/c17-14-11(3-1-2-10-4-5-10)6-9-13(21-12-7-8-12)15(14)22-16(18,19)20/h1-2,6,9-10,12H,3-5,7-8H2/b2-1+. The molecule has 6 heteroatoms. The van der Waals surface area contributed by atoms with Crippen LogP contribution in [0.15, 0.2) is 24.3 Å². The summed E-state index contributed by atoms with van der Waals surface area (Å²) in [6, 6.07) is 2.80. The second-order valence-electron chi connectivity index (χ2n) is 5.70. The third-order valence-electron chi connectivity index (χ3n) is 3.54. The molecule has 0 N–H and O–H groups in total.